The van der Waals surface area contributed by atoms with E-state index in [9.17, 15) is 10.1 Å². The molecule has 0 saturated carbocycles. The van der Waals surface area contributed by atoms with Gasteiger partial charge in [-0.3, -0.25) is 0 Å². The second-order valence-corrected chi connectivity index (χ2v) is 4.22. The topological polar surface area (TPSA) is 79.8 Å². The third-order valence-electron chi connectivity index (χ3n) is 2.57. The fraction of sp³-hybridized carbons (Fsp3) is 0.0769. The van der Waals surface area contributed by atoms with E-state index in [-0.39, 0.29) is 10.8 Å². The van der Waals surface area contributed by atoms with Crippen LogP contribution in [0.15, 0.2) is 36.4 Å². The molecule has 0 N–H and O–H groups in total. The van der Waals surface area contributed by atoms with Gasteiger partial charge in [0.2, 0.25) is 0 Å². The first kappa shape index (κ1) is 13.0. The smallest absolute Gasteiger partial charge is 0.358 e. The molecule has 0 unspecified atom stereocenters. The molecule has 0 bridgehead atoms. The summed E-state index contributed by atoms with van der Waals surface area (Å²) in [5, 5.41) is 19.7. The Labute approximate surface area is 114 Å². The molecule has 0 saturated heterocycles. The van der Waals surface area contributed by atoms with Crippen molar-refractivity contribution in [3.63, 3.8) is 0 Å². The summed E-state index contributed by atoms with van der Waals surface area (Å²) in [4.78, 5) is 14.0. The summed E-state index contributed by atoms with van der Waals surface area (Å²) in [5.74, 6) is -0.367. The highest BCUT2D eigenvalue weighted by Gasteiger charge is 2.16. The molecule has 94 valence electrons. The van der Waals surface area contributed by atoms with Crippen molar-refractivity contribution in [3.05, 3.63) is 68.4 Å². The molecule has 2 rings (SSSR count). The zero-order chi connectivity index (χ0) is 13.8. The number of halogens is 1. The molecule has 6 heteroatoms. The van der Waals surface area contributed by atoms with Crippen LogP contribution in [0.4, 0.5) is 5.82 Å². The van der Waals surface area contributed by atoms with E-state index < -0.39 is 4.92 Å². The molecule has 0 fully saturated rings. The Balaban J connectivity index is 2.37. The summed E-state index contributed by atoms with van der Waals surface area (Å²) in [7, 11) is 0. The summed E-state index contributed by atoms with van der Waals surface area (Å²) >= 11 is 5.70. The predicted octanol–water partition coefficient (Wildman–Crippen LogP) is 3.11. The number of hydrogen-bond acceptors (Lipinski definition) is 4. The van der Waals surface area contributed by atoms with Gasteiger partial charge in [-0.2, -0.15) is 5.26 Å². The molecule has 1 heterocycles. The SMILES string of the molecule is N#Cc1ccccc1Cc1ccc(Cl)c([N+](=O)[O-])n1. The van der Waals surface area contributed by atoms with Crippen LogP contribution in [0.3, 0.4) is 0 Å². The van der Waals surface area contributed by atoms with Crippen molar-refractivity contribution in [2.75, 3.05) is 0 Å². The van der Waals surface area contributed by atoms with E-state index in [1.54, 1.807) is 30.3 Å². The zero-order valence-electron chi connectivity index (χ0n) is 9.71. The molecule has 1 aromatic heterocycles. The van der Waals surface area contributed by atoms with Crippen molar-refractivity contribution in [2.24, 2.45) is 0 Å². The lowest BCUT2D eigenvalue weighted by Crippen LogP contribution is -1.99. The van der Waals surface area contributed by atoms with E-state index in [1.807, 2.05) is 0 Å². The van der Waals surface area contributed by atoms with Crippen molar-refractivity contribution in [1.82, 2.24) is 4.98 Å². The van der Waals surface area contributed by atoms with Crippen molar-refractivity contribution < 1.29 is 4.92 Å². The molecule has 19 heavy (non-hydrogen) atoms. The lowest BCUT2D eigenvalue weighted by molar-refractivity contribution is -0.389. The minimum Gasteiger partial charge on any atom is -0.358 e. The predicted molar refractivity (Wildman–Crippen MR) is 69.9 cm³/mol. The highest BCUT2D eigenvalue weighted by molar-refractivity contribution is 6.32. The van der Waals surface area contributed by atoms with Crippen LogP contribution in [0.2, 0.25) is 5.02 Å². The Morgan fingerprint density at radius 1 is 1.32 bits per heavy atom. The van der Waals surface area contributed by atoms with Gasteiger partial charge in [0, 0.05) is 6.42 Å². The molecule has 0 spiro atoms. The monoisotopic (exact) mass is 273 g/mol. The van der Waals surface area contributed by atoms with Crippen LogP contribution in [-0.2, 0) is 6.42 Å². The number of rotatable bonds is 3. The number of aromatic nitrogens is 1. The van der Waals surface area contributed by atoms with Crippen molar-refractivity contribution >= 4 is 17.4 Å². The number of nitro groups is 1. The molecule has 1 aromatic carbocycles. The van der Waals surface area contributed by atoms with Gasteiger partial charge in [0.05, 0.1) is 11.6 Å². The van der Waals surface area contributed by atoms with Gasteiger partial charge in [-0.05, 0) is 33.7 Å². The molecule has 0 aliphatic carbocycles. The van der Waals surface area contributed by atoms with E-state index in [1.165, 1.54) is 6.07 Å². The fourth-order valence-corrected chi connectivity index (χ4v) is 1.85. The number of nitriles is 1. The van der Waals surface area contributed by atoms with Gasteiger partial charge in [-0.25, -0.2) is 0 Å². The van der Waals surface area contributed by atoms with Crippen LogP contribution in [0.5, 0.6) is 0 Å². The number of pyridine rings is 1. The van der Waals surface area contributed by atoms with E-state index in [0.717, 1.165) is 5.56 Å². The van der Waals surface area contributed by atoms with Crippen molar-refractivity contribution in [3.8, 4) is 6.07 Å². The minimum atomic E-state index is -0.623. The third-order valence-corrected chi connectivity index (χ3v) is 2.86. The average Bonchev–Trinajstić information content (AvgIpc) is 2.41. The van der Waals surface area contributed by atoms with Crippen LogP contribution in [-0.4, -0.2) is 9.91 Å². The summed E-state index contributed by atoms with van der Waals surface area (Å²) in [6.45, 7) is 0. The maximum Gasteiger partial charge on any atom is 0.382 e. The van der Waals surface area contributed by atoms with E-state index >= 15 is 0 Å². The summed E-state index contributed by atoms with van der Waals surface area (Å²) < 4.78 is 0. The molecule has 0 amide bonds. The second-order valence-electron chi connectivity index (χ2n) is 3.81. The van der Waals surface area contributed by atoms with Gasteiger partial charge in [-0.1, -0.05) is 29.8 Å². The second kappa shape index (κ2) is 5.46. The van der Waals surface area contributed by atoms with Gasteiger partial charge in [0.1, 0.15) is 5.02 Å². The Morgan fingerprint density at radius 2 is 2.05 bits per heavy atom. The summed E-state index contributed by atoms with van der Waals surface area (Å²) in [6, 6.07) is 12.2. The lowest BCUT2D eigenvalue weighted by Gasteiger charge is -2.01. The van der Waals surface area contributed by atoms with Crippen LogP contribution < -0.4 is 0 Å². The first-order valence-electron chi connectivity index (χ1n) is 5.39. The van der Waals surface area contributed by atoms with Crippen LogP contribution in [0.1, 0.15) is 16.8 Å². The van der Waals surface area contributed by atoms with E-state index in [0.29, 0.717) is 17.7 Å². The summed E-state index contributed by atoms with van der Waals surface area (Å²) in [5.41, 5.74) is 1.80. The largest absolute Gasteiger partial charge is 0.382 e. The number of benzene rings is 1. The normalized spacial score (nSPS) is 9.89. The molecular formula is C13H8ClN3O2. The maximum atomic E-state index is 10.8. The van der Waals surface area contributed by atoms with Gasteiger partial charge >= 0.3 is 5.82 Å². The molecule has 0 aliphatic heterocycles. The zero-order valence-corrected chi connectivity index (χ0v) is 10.5. The Hall–Kier alpha value is -2.45. The minimum absolute atomic E-state index is 0.00215. The summed E-state index contributed by atoms with van der Waals surface area (Å²) in [6.07, 6.45) is 0.349. The fourth-order valence-electron chi connectivity index (χ4n) is 1.68. The van der Waals surface area contributed by atoms with Gasteiger partial charge in [0.25, 0.3) is 0 Å². The van der Waals surface area contributed by atoms with Crippen LogP contribution in [0.25, 0.3) is 0 Å². The Morgan fingerprint density at radius 3 is 2.74 bits per heavy atom. The number of nitrogens with zero attached hydrogens (tertiary/aromatic N) is 3. The van der Waals surface area contributed by atoms with Gasteiger partial charge in [-0.15, -0.1) is 0 Å². The maximum absolute atomic E-state index is 10.8. The third kappa shape index (κ3) is 2.87. The molecule has 0 aliphatic rings. The molecule has 0 radical (unpaired) electrons. The highest BCUT2D eigenvalue weighted by Crippen LogP contribution is 2.23. The molecule has 5 nitrogen and oxygen atoms in total. The first-order valence-corrected chi connectivity index (χ1v) is 5.77. The van der Waals surface area contributed by atoms with Crippen molar-refractivity contribution in [2.45, 2.75) is 6.42 Å². The molecular weight excluding hydrogens is 266 g/mol. The van der Waals surface area contributed by atoms with Gasteiger partial charge in [0.15, 0.2) is 5.69 Å². The van der Waals surface area contributed by atoms with E-state index in [4.69, 9.17) is 16.9 Å². The standard InChI is InChI=1S/C13H8ClN3O2/c14-12-6-5-11(16-13(12)17(18)19)7-9-3-1-2-4-10(9)8-15/h1-6H,7H2. The quantitative estimate of drug-likeness (QED) is 0.636. The van der Waals surface area contributed by atoms with Gasteiger partial charge < -0.3 is 10.1 Å². The highest BCUT2D eigenvalue weighted by atomic mass is 35.5. The molecule has 0 atom stereocenters. The lowest BCUT2D eigenvalue weighted by atomic mass is 10.0. The Kier molecular flexibility index (Phi) is 3.74. The van der Waals surface area contributed by atoms with E-state index in [2.05, 4.69) is 11.1 Å². The average molecular weight is 274 g/mol. The van der Waals surface area contributed by atoms with Crippen LogP contribution in [0, 0.1) is 21.4 Å². The molecule has 2 aromatic rings. The van der Waals surface area contributed by atoms with Crippen LogP contribution >= 0.6 is 11.6 Å². The number of hydrogen-bond donors (Lipinski definition) is 0. The van der Waals surface area contributed by atoms with Crippen molar-refractivity contribution in [1.29, 1.82) is 5.26 Å². The Bertz CT molecular complexity index is 680. The first-order chi connectivity index (χ1) is 9.11.